The van der Waals surface area contributed by atoms with Crippen LogP contribution >= 0.6 is 11.6 Å². The third-order valence-electron chi connectivity index (χ3n) is 3.86. The molecule has 0 aliphatic carbocycles. The second kappa shape index (κ2) is 9.86. The molecule has 0 heterocycles. The second-order valence-electron chi connectivity index (χ2n) is 5.60. The monoisotopic (exact) mass is 386 g/mol. The van der Waals surface area contributed by atoms with Crippen LogP contribution in [0.5, 0.6) is 5.75 Å². The summed E-state index contributed by atoms with van der Waals surface area (Å²) in [5.74, 6) is -1.97. The van der Waals surface area contributed by atoms with Gasteiger partial charge < -0.3 is 25.3 Å². The van der Waals surface area contributed by atoms with Crippen molar-refractivity contribution in [1.82, 2.24) is 5.32 Å². The summed E-state index contributed by atoms with van der Waals surface area (Å²) in [5.41, 5.74) is 5.93. The van der Waals surface area contributed by atoms with E-state index in [4.69, 9.17) is 26.8 Å². The molecule has 0 aliphatic heterocycles. The van der Waals surface area contributed by atoms with Gasteiger partial charge in [0.1, 0.15) is 17.4 Å². The number of carbonyl (C=O) groups excluding carboxylic acids is 3. The summed E-state index contributed by atoms with van der Waals surface area (Å²) in [6.45, 7) is 3.10. The molecule has 3 N–H and O–H groups in total. The molecule has 0 saturated heterocycles. The van der Waals surface area contributed by atoms with E-state index in [1.54, 1.807) is 6.92 Å². The maximum Gasteiger partial charge on any atom is 0.342 e. The Bertz CT molecular complexity index is 679. The van der Waals surface area contributed by atoms with E-state index >= 15 is 0 Å². The van der Waals surface area contributed by atoms with E-state index in [9.17, 15) is 14.4 Å². The Labute approximate surface area is 156 Å². The molecule has 0 radical (unpaired) electrons. The number of ether oxygens (including phenoxy) is 3. The van der Waals surface area contributed by atoms with Crippen LogP contribution in [0.1, 0.15) is 30.6 Å². The number of nitrogens with one attached hydrogen (secondary N) is 1. The first kappa shape index (κ1) is 21.6. The molecule has 1 aromatic carbocycles. The van der Waals surface area contributed by atoms with E-state index in [0.717, 1.165) is 0 Å². The molecule has 0 bridgehead atoms. The minimum atomic E-state index is -0.822. The predicted molar refractivity (Wildman–Crippen MR) is 96.1 cm³/mol. The van der Waals surface area contributed by atoms with Crippen molar-refractivity contribution in [3.05, 3.63) is 22.7 Å². The number of hydrogen-bond donors (Lipinski definition) is 2. The molecule has 2 atom stereocenters. The summed E-state index contributed by atoms with van der Waals surface area (Å²) < 4.78 is 14.7. The van der Waals surface area contributed by atoms with Gasteiger partial charge in [-0.3, -0.25) is 4.79 Å². The topological polar surface area (TPSA) is 117 Å². The van der Waals surface area contributed by atoms with Crippen LogP contribution in [0.15, 0.2) is 12.1 Å². The van der Waals surface area contributed by atoms with Crippen molar-refractivity contribution in [1.29, 1.82) is 0 Å². The van der Waals surface area contributed by atoms with Gasteiger partial charge in [0, 0.05) is 6.07 Å². The van der Waals surface area contributed by atoms with Gasteiger partial charge in [0.2, 0.25) is 0 Å². The number of benzene rings is 1. The van der Waals surface area contributed by atoms with Gasteiger partial charge in [0.25, 0.3) is 5.91 Å². The summed E-state index contributed by atoms with van der Waals surface area (Å²) in [6, 6.07) is 1.86. The molecular formula is C17H23ClN2O6. The van der Waals surface area contributed by atoms with E-state index in [-0.39, 0.29) is 27.9 Å². The van der Waals surface area contributed by atoms with Crippen LogP contribution in [0, 0.1) is 5.92 Å². The lowest BCUT2D eigenvalue weighted by molar-refractivity contribution is -0.147. The van der Waals surface area contributed by atoms with Crippen molar-refractivity contribution in [3.63, 3.8) is 0 Å². The molecule has 1 rings (SSSR count). The highest BCUT2D eigenvalue weighted by Gasteiger charge is 2.27. The van der Waals surface area contributed by atoms with Crippen LogP contribution in [0.4, 0.5) is 5.69 Å². The van der Waals surface area contributed by atoms with Gasteiger partial charge in [-0.25, -0.2) is 9.59 Å². The lowest BCUT2D eigenvalue weighted by Crippen LogP contribution is -2.47. The Hall–Kier alpha value is -2.48. The largest absolute Gasteiger partial charge is 0.496 e. The highest BCUT2D eigenvalue weighted by atomic mass is 35.5. The second-order valence-corrected chi connectivity index (χ2v) is 6.01. The molecule has 0 aliphatic rings. The van der Waals surface area contributed by atoms with Crippen molar-refractivity contribution < 1.29 is 28.6 Å². The SMILES string of the molecule is CC[C@@H](C)[C@@H](NC(=O)COC(=O)c1cc(Cl)c(N)cc1OC)C(=O)OC. The lowest BCUT2D eigenvalue weighted by atomic mass is 9.99. The standard InChI is InChI=1S/C17H23ClN2O6/c1-5-9(2)15(17(23)25-4)20-14(21)8-26-16(22)10-6-11(18)12(19)7-13(10)24-3/h6-7,9,15H,5,8,19H2,1-4H3,(H,20,21)/t9-,15-/m1/s1. The molecule has 0 fully saturated rings. The number of halogens is 1. The fourth-order valence-corrected chi connectivity index (χ4v) is 2.28. The van der Waals surface area contributed by atoms with Crippen LogP contribution in [-0.2, 0) is 19.1 Å². The zero-order chi connectivity index (χ0) is 19.9. The van der Waals surface area contributed by atoms with Gasteiger partial charge in [-0.05, 0) is 12.0 Å². The van der Waals surface area contributed by atoms with Gasteiger partial charge in [-0.2, -0.15) is 0 Å². The summed E-state index contributed by atoms with van der Waals surface area (Å²) in [4.78, 5) is 36.0. The minimum absolute atomic E-state index is 0.0333. The molecule has 26 heavy (non-hydrogen) atoms. The summed E-state index contributed by atoms with van der Waals surface area (Å²) in [6.07, 6.45) is 0.654. The Balaban J connectivity index is 2.76. The molecular weight excluding hydrogens is 364 g/mol. The molecule has 1 amide bonds. The smallest absolute Gasteiger partial charge is 0.342 e. The number of hydrogen-bond acceptors (Lipinski definition) is 7. The highest BCUT2D eigenvalue weighted by molar-refractivity contribution is 6.33. The number of rotatable bonds is 8. The Morgan fingerprint density at radius 3 is 2.46 bits per heavy atom. The number of nitrogen functional groups attached to an aromatic ring is 1. The van der Waals surface area contributed by atoms with Crippen LogP contribution in [0.3, 0.4) is 0 Å². The van der Waals surface area contributed by atoms with E-state index in [1.165, 1.54) is 26.4 Å². The lowest BCUT2D eigenvalue weighted by Gasteiger charge is -2.21. The van der Waals surface area contributed by atoms with Crippen LogP contribution in [0.2, 0.25) is 5.02 Å². The molecule has 144 valence electrons. The number of anilines is 1. The summed E-state index contributed by atoms with van der Waals surface area (Å²) >= 11 is 5.90. The third kappa shape index (κ3) is 5.52. The molecule has 1 aromatic rings. The van der Waals surface area contributed by atoms with Gasteiger partial charge in [-0.15, -0.1) is 0 Å². The molecule has 0 unspecified atom stereocenters. The van der Waals surface area contributed by atoms with E-state index in [0.29, 0.717) is 6.42 Å². The zero-order valence-corrected chi connectivity index (χ0v) is 15.9. The van der Waals surface area contributed by atoms with Crippen molar-refractivity contribution in [2.24, 2.45) is 5.92 Å². The Morgan fingerprint density at radius 2 is 1.92 bits per heavy atom. The Kier molecular flexibility index (Phi) is 8.18. The normalized spacial score (nSPS) is 12.7. The zero-order valence-electron chi connectivity index (χ0n) is 15.1. The Morgan fingerprint density at radius 1 is 1.27 bits per heavy atom. The number of nitrogens with two attached hydrogens (primary N) is 1. The average molecular weight is 387 g/mol. The van der Waals surface area contributed by atoms with Gasteiger partial charge >= 0.3 is 11.9 Å². The van der Waals surface area contributed by atoms with Gasteiger partial charge in [0.15, 0.2) is 6.61 Å². The van der Waals surface area contributed by atoms with Crippen LogP contribution < -0.4 is 15.8 Å². The molecule has 0 spiro atoms. The third-order valence-corrected chi connectivity index (χ3v) is 4.18. The first-order valence-electron chi connectivity index (χ1n) is 7.92. The van der Waals surface area contributed by atoms with Crippen molar-refractivity contribution in [3.8, 4) is 5.75 Å². The highest BCUT2D eigenvalue weighted by Crippen LogP contribution is 2.29. The molecule has 0 aromatic heterocycles. The first-order valence-corrected chi connectivity index (χ1v) is 8.30. The number of amides is 1. The fraction of sp³-hybridized carbons (Fsp3) is 0.471. The van der Waals surface area contributed by atoms with Gasteiger partial charge in [-0.1, -0.05) is 31.9 Å². The first-order chi connectivity index (χ1) is 12.2. The van der Waals surface area contributed by atoms with Crippen molar-refractivity contribution in [2.45, 2.75) is 26.3 Å². The average Bonchev–Trinajstić information content (AvgIpc) is 2.64. The summed E-state index contributed by atoms with van der Waals surface area (Å²) in [7, 11) is 2.60. The van der Waals surface area contributed by atoms with Crippen molar-refractivity contribution in [2.75, 3.05) is 26.6 Å². The fourth-order valence-electron chi connectivity index (χ4n) is 2.12. The maximum atomic E-state index is 12.2. The molecule has 8 nitrogen and oxygen atoms in total. The van der Waals surface area contributed by atoms with E-state index in [2.05, 4.69) is 10.1 Å². The predicted octanol–water partition coefficient (Wildman–Crippen LogP) is 1.79. The minimum Gasteiger partial charge on any atom is -0.496 e. The number of esters is 2. The van der Waals surface area contributed by atoms with E-state index in [1.807, 2.05) is 6.92 Å². The molecule has 9 heteroatoms. The van der Waals surface area contributed by atoms with E-state index < -0.39 is 30.5 Å². The van der Waals surface area contributed by atoms with Crippen LogP contribution in [-0.4, -0.2) is 44.7 Å². The molecule has 0 saturated carbocycles. The van der Waals surface area contributed by atoms with Crippen LogP contribution in [0.25, 0.3) is 0 Å². The maximum absolute atomic E-state index is 12.2. The quantitative estimate of drug-likeness (QED) is 0.516. The number of methoxy groups -OCH3 is 2. The summed E-state index contributed by atoms with van der Waals surface area (Å²) in [5, 5.41) is 2.66. The van der Waals surface area contributed by atoms with Gasteiger partial charge in [0.05, 0.1) is 24.9 Å². The number of carbonyl (C=O) groups is 3. The van der Waals surface area contributed by atoms with Crippen molar-refractivity contribution >= 4 is 35.1 Å².